The highest BCUT2D eigenvalue weighted by atomic mass is 127. The number of likely N-dealkylation sites (N-methyl/N-ethyl adjacent to an activating group) is 1. The van der Waals surface area contributed by atoms with Crippen molar-refractivity contribution in [3.05, 3.63) is 56.9 Å². The molecule has 41 heavy (non-hydrogen) atoms. The summed E-state index contributed by atoms with van der Waals surface area (Å²) in [7, 11) is 2.04. The maximum atomic E-state index is 14.6. The van der Waals surface area contributed by atoms with Gasteiger partial charge in [-0.2, -0.15) is 13.2 Å². The van der Waals surface area contributed by atoms with E-state index in [4.69, 9.17) is 9.90 Å². The normalized spacial score (nSPS) is 16.3. The zero-order valence-corrected chi connectivity index (χ0v) is 23.7. The number of likely N-dealkylation sites (tertiary alicyclic amines) is 1. The van der Waals surface area contributed by atoms with Crippen LogP contribution in [0.1, 0.15) is 10.4 Å². The van der Waals surface area contributed by atoms with Crippen LogP contribution in [0.5, 0.6) is 0 Å². The summed E-state index contributed by atoms with van der Waals surface area (Å²) in [5.41, 5.74) is -0.608. The molecule has 224 valence electrons. The highest BCUT2D eigenvalue weighted by molar-refractivity contribution is 14.1. The van der Waals surface area contributed by atoms with Crippen LogP contribution in [-0.2, 0) is 9.59 Å². The van der Waals surface area contributed by atoms with Gasteiger partial charge in [-0.05, 0) is 60.0 Å². The molecule has 2 aliphatic rings. The van der Waals surface area contributed by atoms with Crippen molar-refractivity contribution in [2.24, 2.45) is 0 Å². The van der Waals surface area contributed by atoms with E-state index < -0.39 is 41.2 Å². The Morgan fingerprint density at radius 1 is 1.00 bits per heavy atom. The van der Waals surface area contributed by atoms with Crippen molar-refractivity contribution in [2.75, 3.05) is 58.2 Å². The molecule has 2 saturated heterocycles. The topological polar surface area (TPSA) is 105 Å². The predicted octanol–water partition coefficient (Wildman–Crippen LogP) is 3.27. The second-order valence-corrected chi connectivity index (χ2v) is 10.6. The standard InChI is InChI=1S/C23H25F3IN5O2.C2HF3O2/c1-30-6-8-31(9-7-30)13-20(33)28-15-11-32(12-15)23(34)16-3-4-17(24)21(26)22(16)29-19-5-2-14(27)10-18(19)25;3-2(4,5)1(6)7/h2-5,10,15,29H,6-9,11-13H2,1H3,(H,28,33);(H,6,7). The van der Waals surface area contributed by atoms with Crippen molar-refractivity contribution in [3.8, 4) is 0 Å². The first kappa shape index (κ1) is 32.4. The molecule has 2 fully saturated rings. The summed E-state index contributed by atoms with van der Waals surface area (Å²) >= 11 is 1.93. The van der Waals surface area contributed by atoms with Crippen LogP contribution in [0.2, 0.25) is 0 Å². The zero-order chi connectivity index (χ0) is 30.5. The molecule has 2 heterocycles. The number of rotatable bonds is 6. The quantitative estimate of drug-likeness (QED) is 0.314. The van der Waals surface area contributed by atoms with Gasteiger partial charge in [0.25, 0.3) is 5.91 Å². The molecule has 3 N–H and O–H groups in total. The summed E-state index contributed by atoms with van der Waals surface area (Å²) < 4.78 is 75.2. The van der Waals surface area contributed by atoms with E-state index in [-0.39, 0.29) is 36.3 Å². The number of hydrogen-bond donors (Lipinski definition) is 3. The zero-order valence-electron chi connectivity index (χ0n) is 21.6. The van der Waals surface area contributed by atoms with Crippen LogP contribution in [0.3, 0.4) is 0 Å². The van der Waals surface area contributed by atoms with Crippen molar-refractivity contribution >= 4 is 51.7 Å². The molecule has 0 aromatic heterocycles. The van der Waals surface area contributed by atoms with Crippen molar-refractivity contribution in [1.29, 1.82) is 0 Å². The van der Waals surface area contributed by atoms with Gasteiger partial charge in [-0.3, -0.25) is 14.5 Å². The SMILES string of the molecule is CN1CCN(CC(=O)NC2CN(C(=O)c3ccc(F)c(F)c3Nc3ccc(I)cc3F)C2)CC1.O=C(O)C(F)(F)F. The third kappa shape index (κ3) is 8.93. The second-order valence-electron chi connectivity index (χ2n) is 9.39. The number of anilines is 2. The summed E-state index contributed by atoms with van der Waals surface area (Å²) in [6.07, 6.45) is -5.08. The minimum Gasteiger partial charge on any atom is -0.475 e. The van der Waals surface area contributed by atoms with E-state index in [9.17, 15) is 35.9 Å². The van der Waals surface area contributed by atoms with Gasteiger partial charge in [-0.1, -0.05) is 0 Å². The Morgan fingerprint density at radius 2 is 1.61 bits per heavy atom. The first-order valence-corrected chi connectivity index (χ1v) is 13.2. The Hall–Kier alpha value is -3.12. The summed E-state index contributed by atoms with van der Waals surface area (Å²) in [6.45, 7) is 4.29. The molecule has 2 aliphatic heterocycles. The number of carbonyl (C=O) groups is 3. The number of piperazine rings is 1. The van der Waals surface area contributed by atoms with Crippen LogP contribution in [0.4, 0.5) is 37.7 Å². The third-order valence-corrected chi connectivity index (χ3v) is 6.93. The second kappa shape index (κ2) is 13.7. The molecule has 0 saturated carbocycles. The Kier molecular flexibility index (Phi) is 10.8. The Balaban J connectivity index is 0.000000587. The number of benzene rings is 2. The van der Waals surface area contributed by atoms with Gasteiger partial charge in [0, 0.05) is 42.8 Å². The van der Waals surface area contributed by atoms with Crippen LogP contribution < -0.4 is 10.6 Å². The maximum Gasteiger partial charge on any atom is 0.490 e. The summed E-state index contributed by atoms with van der Waals surface area (Å²) in [5, 5.41) is 12.6. The number of hydrogen-bond acceptors (Lipinski definition) is 6. The largest absolute Gasteiger partial charge is 0.490 e. The van der Waals surface area contributed by atoms with E-state index >= 15 is 0 Å². The number of carboxylic acid groups (broad SMARTS) is 1. The van der Waals surface area contributed by atoms with E-state index in [1.54, 1.807) is 6.07 Å². The van der Waals surface area contributed by atoms with Gasteiger partial charge >= 0.3 is 12.1 Å². The number of amides is 2. The molecule has 0 bridgehead atoms. The maximum absolute atomic E-state index is 14.6. The molecule has 2 amide bonds. The van der Waals surface area contributed by atoms with Gasteiger partial charge in [-0.15, -0.1) is 0 Å². The predicted molar refractivity (Wildman–Crippen MR) is 144 cm³/mol. The van der Waals surface area contributed by atoms with Crippen molar-refractivity contribution in [3.63, 3.8) is 0 Å². The number of alkyl halides is 3. The van der Waals surface area contributed by atoms with Gasteiger partial charge < -0.3 is 25.5 Å². The number of nitrogens with one attached hydrogen (secondary N) is 2. The summed E-state index contributed by atoms with van der Waals surface area (Å²) in [6, 6.07) is 6.08. The molecule has 0 unspecified atom stereocenters. The molecule has 0 radical (unpaired) electrons. The first-order valence-electron chi connectivity index (χ1n) is 12.2. The number of carbonyl (C=O) groups excluding carboxylic acids is 2. The van der Waals surface area contributed by atoms with Crippen LogP contribution in [0.15, 0.2) is 30.3 Å². The minimum absolute atomic E-state index is 0.0726. The van der Waals surface area contributed by atoms with Gasteiger partial charge in [0.15, 0.2) is 11.6 Å². The lowest BCUT2D eigenvalue weighted by Crippen LogP contribution is -2.62. The van der Waals surface area contributed by atoms with Crippen molar-refractivity contribution in [2.45, 2.75) is 12.2 Å². The van der Waals surface area contributed by atoms with E-state index in [2.05, 4.69) is 20.4 Å². The number of halogens is 7. The molecule has 0 atom stereocenters. The fourth-order valence-corrected chi connectivity index (χ4v) is 4.42. The molecular formula is C25H26F6IN5O4. The van der Waals surface area contributed by atoms with Gasteiger partial charge in [-0.25, -0.2) is 18.0 Å². The van der Waals surface area contributed by atoms with Crippen molar-refractivity contribution < 1.29 is 45.8 Å². The molecule has 2 aromatic rings. The first-order chi connectivity index (χ1) is 19.1. The Morgan fingerprint density at radius 3 is 2.17 bits per heavy atom. The molecular weight excluding hydrogens is 675 g/mol. The fraction of sp³-hybridized carbons (Fsp3) is 0.400. The molecule has 4 rings (SSSR count). The molecule has 9 nitrogen and oxygen atoms in total. The lowest BCUT2D eigenvalue weighted by atomic mass is 10.0. The smallest absolute Gasteiger partial charge is 0.475 e. The lowest BCUT2D eigenvalue weighted by Gasteiger charge is -2.40. The number of aliphatic carboxylic acids is 1. The van der Waals surface area contributed by atoms with Gasteiger partial charge in [0.1, 0.15) is 5.82 Å². The molecule has 0 spiro atoms. The van der Waals surface area contributed by atoms with E-state index in [1.807, 2.05) is 29.6 Å². The van der Waals surface area contributed by atoms with Gasteiger partial charge in [0.2, 0.25) is 5.91 Å². The van der Waals surface area contributed by atoms with Crippen LogP contribution in [0.25, 0.3) is 0 Å². The lowest BCUT2D eigenvalue weighted by molar-refractivity contribution is -0.192. The number of nitrogens with zero attached hydrogens (tertiary/aromatic N) is 3. The monoisotopic (exact) mass is 701 g/mol. The summed E-state index contributed by atoms with van der Waals surface area (Å²) in [5.74, 6) is -6.46. The molecule has 0 aliphatic carbocycles. The third-order valence-electron chi connectivity index (χ3n) is 6.26. The fourth-order valence-electron chi connectivity index (χ4n) is 3.97. The van der Waals surface area contributed by atoms with Crippen LogP contribution in [0, 0.1) is 21.0 Å². The van der Waals surface area contributed by atoms with Crippen LogP contribution in [-0.4, -0.2) is 103 Å². The van der Waals surface area contributed by atoms with E-state index in [0.717, 1.165) is 32.2 Å². The minimum atomic E-state index is -5.08. The Labute approximate surface area is 244 Å². The van der Waals surface area contributed by atoms with E-state index in [1.165, 1.54) is 23.1 Å². The highest BCUT2D eigenvalue weighted by Crippen LogP contribution is 2.30. The average Bonchev–Trinajstić information content (AvgIpc) is 2.86. The molecule has 16 heteroatoms. The van der Waals surface area contributed by atoms with E-state index in [0.29, 0.717) is 10.1 Å². The summed E-state index contributed by atoms with van der Waals surface area (Å²) in [4.78, 5) is 39.9. The highest BCUT2D eigenvalue weighted by Gasteiger charge is 2.38. The average molecular weight is 701 g/mol. The number of carboxylic acids is 1. The van der Waals surface area contributed by atoms with Gasteiger partial charge in [0.05, 0.1) is 29.5 Å². The Bertz CT molecular complexity index is 1280. The molecule has 2 aromatic carbocycles. The van der Waals surface area contributed by atoms with Crippen molar-refractivity contribution in [1.82, 2.24) is 20.0 Å². The van der Waals surface area contributed by atoms with Crippen LogP contribution >= 0.6 is 22.6 Å².